The Balaban J connectivity index is 2.99. The molecule has 0 aromatic heterocycles. The van der Waals surface area contributed by atoms with Gasteiger partial charge in [-0.05, 0) is 24.6 Å². The lowest BCUT2D eigenvalue weighted by atomic mass is 10.1. The molecule has 1 rings (SSSR count). The molecule has 0 aliphatic rings. The zero-order valence-electron chi connectivity index (χ0n) is 8.69. The third-order valence-electron chi connectivity index (χ3n) is 1.97. The van der Waals surface area contributed by atoms with E-state index in [2.05, 4.69) is 4.74 Å². The second-order valence-corrected chi connectivity index (χ2v) is 3.11. The number of carbonyl (C=O) groups is 2. The summed E-state index contributed by atoms with van der Waals surface area (Å²) in [6.07, 6.45) is 3.62. The maximum Gasteiger partial charge on any atom is 0.330 e. The highest BCUT2D eigenvalue weighted by molar-refractivity contribution is 5.90. The number of ether oxygens (including phenoxy) is 1. The second kappa shape index (κ2) is 5.10. The van der Waals surface area contributed by atoms with Gasteiger partial charge in [0.05, 0.1) is 7.11 Å². The van der Waals surface area contributed by atoms with Gasteiger partial charge >= 0.3 is 5.97 Å². The van der Waals surface area contributed by atoms with Gasteiger partial charge in [0.15, 0.2) is 6.29 Å². The summed E-state index contributed by atoms with van der Waals surface area (Å²) in [5.74, 6) is -0.438. The molecule has 1 aromatic rings. The number of aldehydes is 1. The van der Waals surface area contributed by atoms with E-state index >= 15 is 0 Å². The SMILES string of the molecule is COC(=O)C=Cc1ccc(C)cc1C=O. The minimum atomic E-state index is -0.438. The first-order valence-corrected chi connectivity index (χ1v) is 4.49. The molecule has 15 heavy (non-hydrogen) atoms. The Kier molecular flexibility index (Phi) is 3.80. The lowest BCUT2D eigenvalue weighted by molar-refractivity contribution is -0.134. The number of benzene rings is 1. The van der Waals surface area contributed by atoms with E-state index in [4.69, 9.17) is 0 Å². The number of hydrogen-bond donors (Lipinski definition) is 0. The molecule has 78 valence electrons. The van der Waals surface area contributed by atoms with E-state index in [0.717, 1.165) is 11.8 Å². The minimum Gasteiger partial charge on any atom is -0.466 e. The molecule has 0 fully saturated rings. The van der Waals surface area contributed by atoms with Crippen LogP contribution in [0.15, 0.2) is 24.3 Å². The molecule has 1 aromatic carbocycles. The smallest absolute Gasteiger partial charge is 0.330 e. The van der Waals surface area contributed by atoms with Gasteiger partial charge in [-0.3, -0.25) is 4.79 Å². The van der Waals surface area contributed by atoms with Gasteiger partial charge in [-0.1, -0.05) is 17.7 Å². The molecule has 3 heteroatoms. The van der Waals surface area contributed by atoms with E-state index in [0.29, 0.717) is 11.1 Å². The first-order chi connectivity index (χ1) is 7.17. The van der Waals surface area contributed by atoms with E-state index in [1.165, 1.54) is 13.2 Å². The molecule has 0 saturated heterocycles. The molecule has 0 N–H and O–H groups in total. The maximum absolute atomic E-state index is 10.9. The van der Waals surface area contributed by atoms with Crippen LogP contribution in [0.25, 0.3) is 6.08 Å². The zero-order chi connectivity index (χ0) is 11.3. The first-order valence-electron chi connectivity index (χ1n) is 4.49. The first kappa shape index (κ1) is 11.2. The topological polar surface area (TPSA) is 43.4 Å². The van der Waals surface area contributed by atoms with E-state index in [1.807, 2.05) is 13.0 Å². The van der Waals surface area contributed by atoms with E-state index in [1.54, 1.807) is 18.2 Å². The fourth-order valence-electron chi connectivity index (χ4n) is 1.17. The number of esters is 1. The van der Waals surface area contributed by atoms with Crippen LogP contribution in [0.4, 0.5) is 0 Å². The van der Waals surface area contributed by atoms with Crippen molar-refractivity contribution in [3.05, 3.63) is 41.0 Å². The molecule has 0 heterocycles. The molecule has 0 bridgehead atoms. The second-order valence-electron chi connectivity index (χ2n) is 3.11. The third kappa shape index (κ3) is 3.06. The Morgan fingerprint density at radius 2 is 2.07 bits per heavy atom. The fraction of sp³-hybridized carbons (Fsp3) is 0.167. The summed E-state index contributed by atoms with van der Waals surface area (Å²) in [5.41, 5.74) is 2.28. The molecule has 0 radical (unpaired) electrons. The number of rotatable bonds is 3. The molecule has 0 unspecified atom stereocenters. The molecular formula is C12H12O3. The van der Waals surface area contributed by atoms with Crippen LogP contribution < -0.4 is 0 Å². The van der Waals surface area contributed by atoms with Crippen molar-refractivity contribution in [3.63, 3.8) is 0 Å². The summed E-state index contributed by atoms with van der Waals surface area (Å²) < 4.78 is 4.46. The van der Waals surface area contributed by atoms with Crippen molar-refractivity contribution >= 4 is 18.3 Å². The molecule has 0 saturated carbocycles. The van der Waals surface area contributed by atoms with Crippen molar-refractivity contribution in [1.82, 2.24) is 0 Å². The predicted molar refractivity (Wildman–Crippen MR) is 57.6 cm³/mol. The van der Waals surface area contributed by atoms with Gasteiger partial charge in [0, 0.05) is 11.6 Å². The van der Waals surface area contributed by atoms with Crippen LogP contribution in [0.5, 0.6) is 0 Å². The van der Waals surface area contributed by atoms with Crippen molar-refractivity contribution in [2.75, 3.05) is 7.11 Å². The largest absolute Gasteiger partial charge is 0.466 e. The third-order valence-corrected chi connectivity index (χ3v) is 1.97. The standard InChI is InChI=1S/C12H12O3/c1-9-3-4-10(11(7-9)8-13)5-6-12(14)15-2/h3-8H,1-2H3. The van der Waals surface area contributed by atoms with Crippen molar-refractivity contribution in [2.45, 2.75) is 6.92 Å². The van der Waals surface area contributed by atoms with Crippen molar-refractivity contribution in [1.29, 1.82) is 0 Å². The Morgan fingerprint density at radius 1 is 1.33 bits per heavy atom. The lowest BCUT2D eigenvalue weighted by Gasteiger charge is -2.00. The number of carbonyl (C=O) groups excluding carboxylic acids is 2. The molecule has 0 aliphatic carbocycles. The quantitative estimate of drug-likeness (QED) is 0.429. The van der Waals surface area contributed by atoms with Crippen molar-refractivity contribution < 1.29 is 14.3 Å². The Bertz CT molecular complexity index is 405. The molecular weight excluding hydrogens is 192 g/mol. The summed E-state index contributed by atoms with van der Waals surface area (Å²) >= 11 is 0. The lowest BCUT2D eigenvalue weighted by Crippen LogP contribution is -1.94. The average Bonchev–Trinajstić information content (AvgIpc) is 2.26. The predicted octanol–water partition coefficient (Wildman–Crippen LogP) is 1.99. The minimum absolute atomic E-state index is 0.438. The number of methoxy groups -OCH3 is 1. The Morgan fingerprint density at radius 3 is 2.67 bits per heavy atom. The summed E-state index contributed by atoms with van der Waals surface area (Å²) in [7, 11) is 1.31. The van der Waals surface area contributed by atoms with Gasteiger partial charge in [0.25, 0.3) is 0 Å². The van der Waals surface area contributed by atoms with Crippen molar-refractivity contribution in [3.8, 4) is 0 Å². The Hall–Kier alpha value is -1.90. The summed E-state index contributed by atoms with van der Waals surface area (Å²) in [6, 6.07) is 5.44. The number of hydrogen-bond acceptors (Lipinski definition) is 3. The highest BCUT2D eigenvalue weighted by Gasteiger charge is 1.99. The van der Waals surface area contributed by atoms with Crippen molar-refractivity contribution in [2.24, 2.45) is 0 Å². The van der Waals surface area contributed by atoms with Gasteiger partial charge in [-0.2, -0.15) is 0 Å². The summed E-state index contributed by atoms with van der Waals surface area (Å²) in [5, 5.41) is 0. The van der Waals surface area contributed by atoms with Crippen LogP contribution >= 0.6 is 0 Å². The highest BCUT2D eigenvalue weighted by Crippen LogP contribution is 2.11. The maximum atomic E-state index is 10.9. The van der Waals surface area contributed by atoms with Crippen LogP contribution in [-0.4, -0.2) is 19.4 Å². The zero-order valence-corrected chi connectivity index (χ0v) is 8.69. The van der Waals surface area contributed by atoms with Gasteiger partial charge < -0.3 is 4.74 Å². The molecule has 0 amide bonds. The van der Waals surface area contributed by atoms with E-state index in [-0.39, 0.29) is 0 Å². The van der Waals surface area contributed by atoms with Crippen LogP contribution in [0.2, 0.25) is 0 Å². The average molecular weight is 204 g/mol. The molecule has 0 spiro atoms. The number of aryl methyl sites for hydroxylation is 1. The monoisotopic (exact) mass is 204 g/mol. The van der Waals surface area contributed by atoms with Gasteiger partial charge in [-0.15, -0.1) is 0 Å². The highest BCUT2D eigenvalue weighted by atomic mass is 16.5. The Labute approximate surface area is 88.4 Å². The van der Waals surface area contributed by atoms with Crippen LogP contribution in [0.3, 0.4) is 0 Å². The molecule has 0 atom stereocenters. The van der Waals surface area contributed by atoms with Gasteiger partial charge in [-0.25, -0.2) is 4.79 Å². The molecule has 3 nitrogen and oxygen atoms in total. The normalized spacial score (nSPS) is 10.3. The summed E-state index contributed by atoms with van der Waals surface area (Å²) in [6.45, 7) is 1.90. The van der Waals surface area contributed by atoms with Crippen LogP contribution in [-0.2, 0) is 9.53 Å². The van der Waals surface area contributed by atoms with Gasteiger partial charge in [0.1, 0.15) is 0 Å². The van der Waals surface area contributed by atoms with E-state index in [9.17, 15) is 9.59 Å². The summed E-state index contributed by atoms with van der Waals surface area (Å²) in [4.78, 5) is 21.6. The van der Waals surface area contributed by atoms with Gasteiger partial charge in [0.2, 0.25) is 0 Å². The fourth-order valence-corrected chi connectivity index (χ4v) is 1.17. The van der Waals surface area contributed by atoms with E-state index < -0.39 is 5.97 Å². The van der Waals surface area contributed by atoms with Crippen LogP contribution in [0.1, 0.15) is 21.5 Å². The molecule has 0 aliphatic heterocycles. The van der Waals surface area contributed by atoms with Crippen LogP contribution in [0, 0.1) is 6.92 Å².